The van der Waals surface area contributed by atoms with E-state index in [4.69, 9.17) is 16.3 Å². The zero-order chi connectivity index (χ0) is 32.3. The lowest BCUT2D eigenvalue weighted by atomic mass is 10.2. The van der Waals surface area contributed by atoms with Crippen molar-refractivity contribution in [2.75, 3.05) is 28.0 Å². The molecular formula is C29H25ClF3N3O6S2. The summed E-state index contributed by atoms with van der Waals surface area (Å²) in [4.78, 5) is 12.7. The molecule has 0 spiro atoms. The van der Waals surface area contributed by atoms with E-state index in [1.165, 1.54) is 43.5 Å². The van der Waals surface area contributed by atoms with Crippen molar-refractivity contribution in [2.24, 2.45) is 0 Å². The van der Waals surface area contributed by atoms with Gasteiger partial charge in [-0.1, -0.05) is 29.3 Å². The number of ether oxygens (including phenoxy) is 1. The highest BCUT2D eigenvalue weighted by atomic mass is 35.5. The molecule has 0 aliphatic heterocycles. The lowest BCUT2D eigenvalue weighted by molar-refractivity contribution is -0.137. The third-order valence-electron chi connectivity index (χ3n) is 6.23. The number of hydrogen-bond acceptors (Lipinski definition) is 6. The van der Waals surface area contributed by atoms with Gasteiger partial charge in [-0.05, 0) is 85.8 Å². The maximum Gasteiger partial charge on any atom is 0.417 e. The zero-order valence-corrected chi connectivity index (χ0v) is 25.5. The van der Waals surface area contributed by atoms with E-state index >= 15 is 0 Å². The van der Waals surface area contributed by atoms with Gasteiger partial charge in [0.15, 0.2) is 0 Å². The number of nitrogens with zero attached hydrogens (tertiary/aromatic N) is 1. The van der Waals surface area contributed by atoms with Crippen LogP contribution in [0, 0.1) is 6.92 Å². The molecule has 0 radical (unpaired) electrons. The van der Waals surface area contributed by atoms with Crippen molar-refractivity contribution in [1.82, 2.24) is 0 Å². The van der Waals surface area contributed by atoms with Crippen LogP contribution in [0.2, 0.25) is 5.02 Å². The minimum Gasteiger partial charge on any atom is -0.497 e. The van der Waals surface area contributed by atoms with Crippen LogP contribution in [0.1, 0.15) is 11.1 Å². The largest absolute Gasteiger partial charge is 0.497 e. The number of anilines is 3. The zero-order valence-electron chi connectivity index (χ0n) is 23.1. The van der Waals surface area contributed by atoms with Crippen molar-refractivity contribution in [3.63, 3.8) is 0 Å². The average Bonchev–Trinajstić information content (AvgIpc) is 2.97. The molecule has 15 heteroatoms. The Morgan fingerprint density at radius 1 is 0.841 bits per heavy atom. The minimum atomic E-state index is -4.79. The second-order valence-electron chi connectivity index (χ2n) is 9.39. The monoisotopic (exact) mass is 667 g/mol. The molecule has 232 valence electrons. The average molecular weight is 668 g/mol. The molecule has 44 heavy (non-hydrogen) atoms. The number of carbonyl (C=O) groups excluding carboxylic acids is 1. The molecule has 4 rings (SSSR count). The Balaban J connectivity index is 1.53. The highest BCUT2D eigenvalue weighted by Crippen LogP contribution is 2.36. The van der Waals surface area contributed by atoms with E-state index in [9.17, 15) is 34.8 Å². The lowest BCUT2D eigenvalue weighted by Gasteiger charge is -2.24. The summed E-state index contributed by atoms with van der Waals surface area (Å²) in [7, 11) is -7.05. The lowest BCUT2D eigenvalue weighted by Crippen LogP contribution is -2.38. The van der Waals surface area contributed by atoms with E-state index in [-0.39, 0.29) is 26.9 Å². The summed E-state index contributed by atoms with van der Waals surface area (Å²) in [5, 5.41) is 1.95. The number of methoxy groups -OCH3 is 1. The summed E-state index contributed by atoms with van der Waals surface area (Å²) in [5.74, 6) is -0.252. The Morgan fingerprint density at radius 3 is 1.98 bits per heavy atom. The fraction of sp³-hybridized carbons (Fsp3) is 0.138. The number of rotatable bonds is 10. The summed E-state index contributed by atoms with van der Waals surface area (Å²) in [6, 6.07) is 19.5. The van der Waals surface area contributed by atoms with Crippen molar-refractivity contribution in [1.29, 1.82) is 0 Å². The van der Waals surface area contributed by atoms with Crippen molar-refractivity contribution in [2.45, 2.75) is 22.9 Å². The molecule has 9 nitrogen and oxygen atoms in total. The number of nitrogens with one attached hydrogen (secondary N) is 2. The Labute approximate surface area is 257 Å². The van der Waals surface area contributed by atoms with Crippen LogP contribution in [-0.4, -0.2) is 36.4 Å². The number of amides is 1. The van der Waals surface area contributed by atoms with Crippen LogP contribution < -0.4 is 19.1 Å². The van der Waals surface area contributed by atoms with Gasteiger partial charge in [0, 0.05) is 11.4 Å². The summed E-state index contributed by atoms with van der Waals surface area (Å²) in [6.45, 7) is 1.18. The molecule has 0 bridgehead atoms. The minimum absolute atomic E-state index is 0.0307. The molecule has 0 saturated carbocycles. The van der Waals surface area contributed by atoms with Crippen LogP contribution in [0.5, 0.6) is 5.75 Å². The Hall–Kier alpha value is -4.27. The van der Waals surface area contributed by atoms with Crippen LogP contribution in [0.15, 0.2) is 101 Å². The molecule has 0 heterocycles. The van der Waals surface area contributed by atoms with Gasteiger partial charge >= 0.3 is 6.18 Å². The van der Waals surface area contributed by atoms with Crippen molar-refractivity contribution >= 4 is 54.6 Å². The Bertz CT molecular complexity index is 1870. The molecule has 0 aromatic heterocycles. The first kappa shape index (κ1) is 32.6. The normalized spacial score (nSPS) is 12.0. The van der Waals surface area contributed by atoms with Gasteiger partial charge in [0.25, 0.3) is 20.0 Å². The van der Waals surface area contributed by atoms with E-state index in [2.05, 4.69) is 10.0 Å². The number of carbonyl (C=O) groups is 1. The van der Waals surface area contributed by atoms with E-state index in [0.717, 1.165) is 34.1 Å². The summed E-state index contributed by atoms with van der Waals surface area (Å²) < 4.78 is 100. The van der Waals surface area contributed by atoms with Crippen LogP contribution in [0.3, 0.4) is 0 Å². The van der Waals surface area contributed by atoms with Gasteiger partial charge in [-0.3, -0.25) is 13.8 Å². The van der Waals surface area contributed by atoms with E-state index in [1.54, 1.807) is 31.2 Å². The molecule has 0 unspecified atom stereocenters. The summed E-state index contributed by atoms with van der Waals surface area (Å²) >= 11 is 5.60. The quantitative estimate of drug-likeness (QED) is 0.204. The van der Waals surface area contributed by atoms with Gasteiger partial charge in [-0.2, -0.15) is 13.2 Å². The highest BCUT2D eigenvalue weighted by molar-refractivity contribution is 7.93. The Morgan fingerprint density at radius 2 is 1.41 bits per heavy atom. The molecule has 2 N–H and O–H groups in total. The van der Waals surface area contributed by atoms with E-state index in [0.29, 0.717) is 11.8 Å². The van der Waals surface area contributed by atoms with Gasteiger partial charge in [0.05, 0.1) is 33.2 Å². The van der Waals surface area contributed by atoms with Crippen molar-refractivity contribution < 1.29 is 39.5 Å². The third kappa shape index (κ3) is 7.62. The van der Waals surface area contributed by atoms with E-state index in [1.807, 2.05) is 0 Å². The number of hydrogen-bond donors (Lipinski definition) is 2. The second-order valence-corrected chi connectivity index (χ2v) is 13.3. The van der Waals surface area contributed by atoms with Gasteiger partial charge in [0.1, 0.15) is 12.3 Å². The maximum absolute atomic E-state index is 13.6. The van der Waals surface area contributed by atoms with Crippen molar-refractivity contribution in [3.05, 3.63) is 107 Å². The van der Waals surface area contributed by atoms with Crippen LogP contribution in [0.4, 0.5) is 30.2 Å². The molecule has 4 aromatic rings. The Kier molecular flexibility index (Phi) is 9.47. The topological polar surface area (TPSA) is 122 Å². The van der Waals surface area contributed by atoms with Gasteiger partial charge in [0.2, 0.25) is 5.91 Å². The van der Waals surface area contributed by atoms with Gasteiger partial charge in [-0.25, -0.2) is 16.8 Å². The molecule has 0 atom stereocenters. The van der Waals surface area contributed by atoms with E-state index < -0.39 is 49.3 Å². The number of aryl methyl sites for hydroxylation is 1. The number of benzene rings is 4. The first-order chi connectivity index (χ1) is 20.6. The molecule has 0 aliphatic carbocycles. The summed E-state index contributed by atoms with van der Waals surface area (Å²) in [6.07, 6.45) is -4.79. The SMILES string of the molecule is COc1ccc(N(CC(=O)Nc2ccc(S(=O)(=O)Nc3ccc(Cl)c(C(F)(F)F)c3)cc2)S(=O)(=O)c2ccc(C)cc2)cc1. The number of sulfonamides is 2. The first-order valence-corrected chi connectivity index (χ1v) is 15.9. The molecular weight excluding hydrogens is 643 g/mol. The van der Waals surface area contributed by atoms with Gasteiger partial charge in [-0.15, -0.1) is 0 Å². The maximum atomic E-state index is 13.6. The predicted molar refractivity (Wildman–Crippen MR) is 161 cm³/mol. The van der Waals surface area contributed by atoms with Gasteiger partial charge < -0.3 is 10.1 Å². The first-order valence-electron chi connectivity index (χ1n) is 12.6. The van der Waals surface area contributed by atoms with Crippen LogP contribution in [0.25, 0.3) is 0 Å². The molecule has 0 saturated heterocycles. The standard InChI is InChI=1S/C29H25ClF3N3O6S2/c1-19-3-12-25(13-4-19)44(40,41)36(22-8-10-23(42-2)11-9-22)18-28(37)34-20-5-14-24(15-6-20)43(38,39)35-21-7-16-27(30)26(17-21)29(31,32)33/h3-17,35H,18H2,1-2H3,(H,34,37). The predicted octanol–water partition coefficient (Wildman–Crippen LogP) is 6.31. The fourth-order valence-corrected chi connectivity index (χ4v) is 6.66. The molecule has 1 amide bonds. The highest BCUT2D eigenvalue weighted by Gasteiger charge is 2.34. The number of alkyl halides is 3. The molecule has 0 fully saturated rings. The van der Waals surface area contributed by atoms with Crippen LogP contribution in [-0.2, 0) is 31.0 Å². The number of halogens is 4. The molecule has 0 aliphatic rings. The fourth-order valence-electron chi connectivity index (χ4n) is 3.97. The molecule has 4 aromatic carbocycles. The summed E-state index contributed by atoms with van der Waals surface area (Å²) in [5.41, 5.74) is -0.372. The third-order valence-corrected chi connectivity index (χ3v) is 9.74. The van der Waals surface area contributed by atoms with Crippen molar-refractivity contribution in [3.8, 4) is 5.75 Å². The second kappa shape index (κ2) is 12.8. The smallest absolute Gasteiger partial charge is 0.417 e. The van der Waals surface area contributed by atoms with Crippen LogP contribution >= 0.6 is 11.6 Å².